The summed E-state index contributed by atoms with van der Waals surface area (Å²) in [6, 6.07) is 17.0. The molecule has 1 N–H and O–H groups in total. The lowest BCUT2D eigenvalue weighted by atomic mass is 10.1. The first-order valence-corrected chi connectivity index (χ1v) is 11.2. The van der Waals surface area contributed by atoms with Gasteiger partial charge < -0.3 is 9.88 Å². The van der Waals surface area contributed by atoms with Crippen LogP contribution in [0.3, 0.4) is 0 Å². The molecule has 3 aromatic heterocycles. The van der Waals surface area contributed by atoms with Crippen molar-refractivity contribution >= 4 is 44.7 Å². The van der Waals surface area contributed by atoms with Gasteiger partial charge in [0.05, 0.1) is 18.0 Å². The maximum absolute atomic E-state index is 12.4. The van der Waals surface area contributed by atoms with Crippen LogP contribution in [0, 0.1) is 0 Å². The van der Waals surface area contributed by atoms with Crippen molar-refractivity contribution < 1.29 is 4.79 Å². The van der Waals surface area contributed by atoms with Crippen molar-refractivity contribution in [1.29, 1.82) is 0 Å². The average molecular weight is 474 g/mol. The van der Waals surface area contributed by atoms with Gasteiger partial charge in [-0.15, -0.1) is 11.3 Å². The Bertz CT molecular complexity index is 1500. The number of rotatable bonds is 5. The lowest BCUT2D eigenvalue weighted by Crippen LogP contribution is -2.13. The first kappa shape index (κ1) is 21.0. The minimum absolute atomic E-state index is 0.242. The van der Waals surface area contributed by atoms with Crippen LogP contribution in [0.2, 0.25) is 5.02 Å². The van der Waals surface area contributed by atoms with E-state index in [1.54, 1.807) is 6.33 Å². The number of fused-ring (bicyclic) bond motifs is 1. The van der Waals surface area contributed by atoms with E-state index in [0.717, 1.165) is 21.5 Å². The van der Waals surface area contributed by atoms with Crippen LogP contribution in [0.5, 0.6) is 0 Å². The molecule has 0 saturated heterocycles. The number of carbonyl (C=O) groups excluding carboxylic acids is 1. The molecule has 2 aromatic carbocycles. The summed E-state index contributed by atoms with van der Waals surface area (Å²) in [6.07, 6.45) is 5.96. The zero-order chi connectivity index (χ0) is 22.8. The van der Waals surface area contributed by atoms with Gasteiger partial charge in [0.25, 0.3) is 11.5 Å². The summed E-state index contributed by atoms with van der Waals surface area (Å²) in [7, 11) is 0. The molecule has 5 aromatic rings. The molecule has 162 valence electrons. The van der Waals surface area contributed by atoms with E-state index in [-0.39, 0.29) is 17.2 Å². The van der Waals surface area contributed by atoms with Crippen molar-refractivity contribution in [3.05, 3.63) is 106 Å². The fourth-order valence-electron chi connectivity index (χ4n) is 3.38. The molecule has 0 saturated carbocycles. The Hall–Kier alpha value is -3.88. The fourth-order valence-corrected chi connectivity index (χ4v) is 4.57. The smallest absolute Gasteiger partial charge is 0.290 e. The number of carbonyl (C=O) groups is 1. The Kier molecular flexibility index (Phi) is 5.68. The largest absolute Gasteiger partial charge is 0.326 e. The van der Waals surface area contributed by atoms with Gasteiger partial charge in [-0.2, -0.15) is 4.98 Å². The molecule has 0 radical (unpaired) electrons. The summed E-state index contributed by atoms with van der Waals surface area (Å²) < 4.78 is 2.55. The highest BCUT2D eigenvalue weighted by Crippen LogP contribution is 2.32. The Morgan fingerprint density at radius 2 is 1.82 bits per heavy atom. The van der Waals surface area contributed by atoms with Crippen molar-refractivity contribution in [3.8, 4) is 10.4 Å². The third kappa shape index (κ3) is 4.52. The summed E-state index contributed by atoms with van der Waals surface area (Å²) in [5.74, 6) is -0.331. The summed E-state index contributed by atoms with van der Waals surface area (Å²) in [4.78, 5) is 37.5. The summed E-state index contributed by atoms with van der Waals surface area (Å²) >= 11 is 7.38. The minimum atomic E-state index is -0.331. The molecule has 0 atom stereocenters. The molecular weight excluding hydrogens is 458 g/mol. The second-order valence-electron chi connectivity index (χ2n) is 7.25. The van der Waals surface area contributed by atoms with Crippen LogP contribution in [0.15, 0.2) is 84.3 Å². The molecule has 33 heavy (non-hydrogen) atoms. The number of aromatic nitrogens is 4. The van der Waals surface area contributed by atoms with Crippen LogP contribution in [-0.4, -0.2) is 25.4 Å². The lowest BCUT2D eigenvalue weighted by Gasteiger charge is -2.07. The van der Waals surface area contributed by atoms with Crippen LogP contribution in [-0.2, 0) is 6.54 Å². The number of hydrogen-bond donors (Lipinski definition) is 1. The molecule has 0 aliphatic heterocycles. The van der Waals surface area contributed by atoms with Crippen LogP contribution < -0.4 is 10.9 Å². The van der Waals surface area contributed by atoms with Gasteiger partial charge in [-0.3, -0.25) is 14.6 Å². The van der Waals surface area contributed by atoms with Gasteiger partial charge in [-0.25, -0.2) is 4.98 Å². The van der Waals surface area contributed by atoms with E-state index < -0.39 is 0 Å². The van der Waals surface area contributed by atoms with E-state index in [2.05, 4.69) is 20.3 Å². The highest BCUT2D eigenvalue weighted by atomic mass is 35.5. The van der Waals surface area contributed by atoms with Gasteiger partial charge in [-0.05, 0) is 41.5 Å². The maximum Gasteiger partial charge on any atom is 0.290 e. The van der Waals surface area contributed by atoms with E-state index in [4.69, 9.17) is 11.6 Å². The van der Waals surface area contributed by atoms with Crippen molar-refractivity contribution in [2.75, 3.05) is 5.32 Å². The number of amides is 1. The fraction of sp³-hybridized carbons (Fsp3) is 0.0417. The van der Waals surface area contributed by atoms with Crippen molar-refractivity contribution in [2.45, 2.75) is 6.54 Å². The third-order valence-corrected chi connectivity index (χ3v) is 6.43. The Balaban J connectivity index is 1.41. The molecule has 0 aliphatic carbocycles. The summed E-state index contributed by atoms with van der Waals surface area (Å²) in [5, 5.41) is 3.48. The number of thiophene rings is 1. The molecule has 0 unspecified atom stereocenters. The Labute approximate surface area is 197 Å². The molecule has 7 nitrogen and oxygen atoms in total. The predicted molar refractivity (Wildman–Crippen MR) is 130 cm³/mol. The van der Waals surface area contributed by atoms with E-state index >= 15 is 0 Å². The zero-order valence-electron chi connectivity index (χ0n) is 17.1. The highest BCUT2D eigenvalue weighted by molar-refractivity contribution is 7.22. The number of anilines is 1. The second-order valence-corrected chi connectivity index (χ2v) is 8.74. The summed E-state index contributed by atoms with van der Waals surface area (Å²) in [5.41, 5.74) is 3.45. The van der Waals surface area contributed by atoms with Gasteiger partial charge in [0.2, 0.25) is 0 Å². The molecule has 0 spiro atoms. The van der Waals surface area contributed by atoms with Gasteiger partial charge in [0, 0.05) is 34.5 Å². The molecule has 0 bridgehead atoms. The van der Waals surface area contributed by atoms with Crippen molar-refractivity contribution in [1.82, 2.24) is 19.5 Å². The van der Waals surface area contributed by atoms with Crippen LogP contribution >= 0.6 is 22.9 Å². The van der Waals surface area contributed by atoms with Crippen molar-refractivity contribution in [2.24, 2.45) is 0 Å². The molecule has 3 heterocycles. The SMILES string of the molecule is O=C(Nc1ccc(-c2cc3c(s2)c(=O)ncn3Cc2ccc(Cl)cc2)cc1)c1cnccn1. The van der Waals surface area contributed by atoms with Gasteiger partial charge >= 0.3 is 0 Å². The van der Waals surface area contributed by atoms with Crippen LogP contribution in [0.1, 0.15) is 16.1 Å². The van der Waals surface area contributed by atoms with E-state index in [1.807, 2.05) is 59.2 Å². The van der Waals surface area contributed by atoms with E-state index in [9.17, 15) is 9.59 Å². The lowest BCUT2D eigenvalue weighted by molar-refractivity contribution is 0.102. The topological polar surface area (TPSA) is 89.8 Å². The Morgan fingerprint density at radius 3 is 2.55 bits per heavy atom. The average Bonchev–Trinajstić information content (AvgIpc) is 3.30. The highest BCUT2D eigenvalue weighted by Gasteiger charge is 2.12. The van der Waals surface area contributed by atoms with E-state index in [1.165, 1.54) is 29.9 Å². The number of halogens is 1. The predicted octanol–water partition coefficient (Wildman–Crippen LogP) is 4.87. The molecule has 9 heteroatoms. The van der Waals surface area contributed by atoms with Gasteiger partial charge in [-0.1, -0.05) is 35.9 Å². The number of benzene rings is 2. The van der Waals surface area contributed by atoms with Crippen LogP contribution in [0.25, 0.3) is 20.7 Å². The minimum Gasteiger partial charge on any atom is -0.326 e. The number of hydrogen-bond acceptors (Lipinski definition) is 6. The number of nitrogens with one attached hydrogen (secondary N) is 1. The molecular formula is C24H16ClN5O2S. The first-order chi connectivity index (χ1) is 16.1. The summed E-state index contributed by atoms with van der Waals surface area (Å²) in [6.45, 7) is 0.574. The second kappa shape index (κ2) is 8.93. The monoisotopic (exact) mass is 473 g/mol. The van der Waals surface area contributed by atoms with Gasteiger partial charge in [0.1, 0.15) is 10.4 Å². The van der Waals surface area contributed by atoms with Gasteiger partial charge in [0.15, 0.2) is 0 Å². The Morgan fingerprint density at radius 1 is 1.03 bits per heavy atom. The zero-order valence-corrected chi connectivity index (χ0v) is 18.7. The van der Waals surface area contributed by atoms with E-state index in [0.29, 0.717) is 22.0 Å². The third-order valence-electron chi connectivity index (χ3n) is 5.02. The molecule has 0 aliphatic rings. The van der Waals surface area contributed by atoms with Crippen molar-refractivity contribution in [3.63, 3.8) is 0 Å². The molecule has 1 amide bonds. The normalized spacial score (nSPS) is 10.9. The maximum atomic E-state index is 12.4. The molecule has 0 fully saturated rings. The molecule has 5 rings (SSSR count). The standard InChI is InChI=1S/C24H16ClN5O2S/c25-17-5-1-15(2-6-17)13-30-14-28-24(32)22-20(30)11-21(33-22)16-3-7-18(8-4-16)29-23(31)19-12-26-9-10-27-19/h1-12,14H,13H2,(H,29,31). The quantitative estimate of drug-likeness (QED) is 0.393. The van der Waals surface area contributed by atoms with Crippen LogP contribution in [0.4, 0.5) is 5.69 Å². The first-order valence-electron chi connectivity index (χ1n) is 9.98. The number of nitrogens with zero attached hydrogens (tertiary/aromatic N) is 4.